The molecule has 0 aliphatic heterocycles. The van der Waals surface area contributed by atoms with E-state index in [-0.39, 0.29) is 0 Å². The highest BCUT2D eigenvalue weighted by Gasteiger charge is 2.18. The normalized spacial score (nSPS) is 13.8. The Bertz CT molecular complexity index is 740. The molecule has 2 aromatic carbocycles. The van der Waals surface area contributed by atoms with Crippen molar-refractivity contribution in [2.24, 2.45) is 0 Å². The molecule has 0 nitrogen and oxygen atoms in total. The zero-order valence-electron chi connectivity index (χ0n) is 12.7. The third-order valence-corrected chi connectivity index (χ3v) is 4.09. The molecule has 0 N–H and O–H groups in total. The Labute approximate surface area is 127 Å². The Balaban J connectivity index is 2.10. The number of hydrogen-bond donors (Lipinski definition) is 0. The van der Waals surface area contributed by atoms with E-state index in [1.807, 2.05) is 6.08 Å². The molecule has 0 saturated heterocycles. The molecule has 0 bridgehead atoms. The van der Waals surface area contributed by atoms with E-state index >= 15 is 0 Å². The van der Waals surface area contributed by atoms with Crippen molar-refractivity contribution in [3.8, 4) is 11.1 Å². The highest BCUT2D eigenvalue weighted by Crippen LogP contribution is 2.36. The zero-order valence-corrected chi connectivity index (χ0v) is 12.7. The number of allylic oxidation sites excluding steroid dienone is 5. The van der Waals surface area contributed by atoms with Gasteiger partial charge in [0.25, 0.3) is 0 Å². The molecule has 0 atom stereocenters. The molecule has 104 valence electrons. The zero-order chi connectivity index (χ0) is 14.8. The summed E-state index contributed by atoms with van der Waals surface area (Å²) < 4.78 is 0. The van der Waals surface area contributed by atoms with Crippen LogP contribution < -0.4 is 0 Å². The minimum absolute atomic E-state index is 0.993. The van der Waals surface area contributed by atoms with Crippen molar-refractivity contribution in [1.82, 2.24) is 0 Å². The molecule has 0 radical (unpaired) electrons. The van der Waals surface area contributed by atoms with Crippen LogP contribution in [0.3, 0.4) is 0 Å². The summed E-state index contributed by atoms with van der Waals surface area (Å²) in [4.78, 5) is 0. The first-order valence-electron chi connectivity index (χ1n) is 7.41. The van der Waals surface area contributed by atoms with E-state index in [0.29, 0.717) is 0 Å². The molecular formula is C21H20. The predicted octanol–water partition coefficient (Wildman–Crippen LogP) is 5.73. The van der Waals surface area contributed by atoms with Crippen LogP contribution in [0.15, 0.2) is 72.8 Å². The average Bonchev–Trinajstić information content (AvgIpc) is 2.86. The third-order valence-electron chi connectivity index (χ3n) is 4.09. The van der Waals surface area contributed by atoms with Crippen LogP contribution >= 0.6 is 0 Å². The summed E-state index contributed by atoms with van der Waals surface area (Å²) in [5.74, 6) is 0. The number of hydrogen-bond acceptors (Lipinski definition) is 0. The summed E-state index contributed by atoms with van der Waals surface area (Å²) >= 11 is 0. The van der Waals surface area contributed by atoms with E-state index in [4.69, 9.17) is 0 Å². The Morgan fingerprint density at radius 2 is 1.71 bits per heavy atom. The van der Waals surface area contributed by atoms with Crippen LogP contribution in [0.1, 0.15) is 23.6 Å². The monoisotopic (exact) mass is 272 g/mol. The molecule has 0 aromatic heterocycles. The van der Waals surface area contributed by atoms with Crippen molar-refractivity contribution in [3.05, 3.63) is 89.5 Å². The van der Waals surface area contributed by atoms with Gasteiger partial charge in [-0.05, 0) is 59.7 Å². The summed E-state index contributed by atoms with van der Waals surface area (Å²) in [5, 5.41) is 0. The summed E-state index contributed by atoms with van der Waals surface area (Å²) in [6, 6.07) is 15.5. The van der Waals surface area contributed by atoms with E-state index in [1.165, 1.54) is 39.0 Å². The van der Waals surface area contributed by atoms with Gasteiger partial charge in [-0.15, -0.1) is 0 Å². The van der Waals surface area contributed by atoms with Crippen molar-refractivity contribution >= 4 is 5.57 Å². The number of rotatable bonds is 3. The molecule has 0 saturated carbocycles. The highest BCUT2D eigenvalue weighted by atomic mass is 14.2. The van der Waals surface area contributed by atoms with Crippen LogP contribution in [0.2, 0.25) is 0 Å². The third kappa shape index (κ3) is 2.50. The van der Waals surface area contributed by atoms with Gasteiger partial charge in [0, 0.05) is 0 Å². The Hall–Kier alpha value is -2.34. The lowest BCUT2D eigenvalue weighted by atomic mass is 9.97. The standard InChI is InChI=1S/C21H20/c1-4-6-20-16(5-2)13-19-12-11-18(14-21(19)20)17-9-7-15(3)8-10-17/h4-12,14H,2,13H2,1,3H3/b6-4-. The summed E-state index contributed by atoms with van der Waals surface area (Å²) in [7, 11) is 0. The summed E-state index contributed by atoms with van der Waals surface area (Å²) in [6.07, 6.45) is 7.28. The maximum absolute atomic E-state index is 3.96. The Morgan fingerprint density at radius 1 is 1.00 bits per heavy atom. The van der Waals surface area contributed by atoms with E-state index in [1.54, 1.807) is 0 Å². The van der Waals surface area contributed by atoms with Crippen molar-refractivity contribution in [2.45, 2.75) is 20.3 Å². The Kier molecular flexibility index (Phi) is 3.62. The lowest BCUT2D eigenvalue weighted by Crippen LogP contribution is -1.86. The van der Waals surface area contributed by atoms with E-state index in [9.17, 15) is 0 Å². The second-order valence-electron chi connectivity index (χ2n) is 5.56. The van der Waals surface area contributed by atoms with Gasteiger partial charge < -0.3 is 0 Å². The molecule has 0 fully saturated rings. The molecule has 0 unspecified atom stereocenters. The van der Waals surface area contributed by atoms with E-state index in [0.717, 1.165) is 6.42 Å². The predicted molar refractivity (Wildman–Crippen MR) is 92.3 cm³/mol. The van der Waals surface area contributed by atoms with Crippen LogP contribution in [0.5, 0.6) is 0 Å². The fourth-order valence-corrected chi connectivity index (χ4v) is 2.93. The van der Waals surface area contributed by atoms with Gasteiger partial charge in [0.1, 0.15) is 0 Å². The molecule has 0 heteroatoms. The molecule has 1 aliphatic rings. The van der Waals surface area contributed by atoms with Crippen LogP contribution in [-0.2, 0) is 6.42 Å². The molecule has 2 aromatic rings. The molecule has 21 heavy (non-hydrogen) atoms. The molecule has 0 heterocycles. The SMILES string of the molecule is C=CC1=C(/C=C\C)c2cc(-c3ccc(C)cc3)ccc2C1. The van der Waals surface area contributed by atoms with Crippen molar-refractivity contribution < 1.29 is 0 Å². The van der Waals surface area contributed by atoms with Gasteiger partial charge >= 0.3 is 0 Å². The van der Waals surface area contributed by atoms with E-state index < -0.39 is 0 Å². The van der Waals surface area contributed by atoms with Gasteiger partial charge in [0.15, 0.2) is 0 Å². The van der Waals surface area contributed by atoms with Gasteiger partial charge in [0.05, 0.1) is 0 Å². The van der Waals surface area contributed by atoms with Crippen LogP contribution in [-0.4, -0.2) is 0 Å². The molecule has 3 rings (SSSR count). The lowest BCUT2D eigenvalue weighted by Gasteiger charge is -2.07. The molecular weight excluding hydrogens is 252 g/mol. The molecule has 0 amide bonds. The van der Waals surface area contributed by atoms with Crippen LogP contribution in [0, 0.1) is 6.92 Å². The average molecular weight is 272 g/mol. The minimum Gasteiger partial charge on any atom is -0.0988 e. The van der Waals surface area contributed by atoms with Gasteiger partial charge in [-0.2, -0.15) is 0 Å². The second-order valence-corrected chi connectivity index (χ2v) is 5.56. The maximum Gasteiger partial charge on any atom is -0.00137 e. The molecule has 1 aliphatic carbocycles. The van der Waals surface area contributed by atoms with Gasteiger partial charge in [0.2, 0.25) is 0 Å². The summed E-state index contributed by atoms with van der Waals surface area (Å²) in [5.41, 5.74) is 9.23. The minimum atomic E-state index is 0.993. The second kappa shape index (κ2) is 5.57. The highest BCUT2D eigenvalue weighted by molar-refractivity contribution is 5.86. The lowest BCUT2D eigenvalue weighted by molar-refractivity contribution is 1.25. The van der Waals surface area contributed by atoms with Crippen molar-refractivity contribution in [1.29, 1.82) is 0 Å². The van der Waals surface area contributed by atoms with Gasteiger partial charge in [-0.3, -0.25) is 0 Å². The topological polar surface area (TPSA) is 0 Å². The van der Waals surface area contributed by atoms with Crippen molar-refractivity contribution in [3.63, 3.8) is 0 Å². The summed E-state index contributed by atoms with van der Waals surface area (Å²) in [6.45, 7) is 8.14. The molecule has 0 spiro atoms. The quantitative estimate of drug-likeness (QED) is 0.669. The number of fused-ring (bicyclic) bond motifs is 1. The Morgan fingerprint density at radius 3 is 2.38 bits per heavy atom. The fraction of sp³-hybridized carbons (Fsp3) is 0.143. The van der Waals surface area contributed by atoms with Gasteiger partial charge in [-0.1, -0.05) is 66.8 Å². The largest absolute Gasteiger partial charge is 0.0988 e. The number of benzene rings is 2. The van der Waals surface area contributed by atoms with E-state index in [2.05, 4.69) is 75.0 Å². The fourth-order valence-electron chi connectivity index (χ4n) is 2.93. The first-order valence-corrected chi connectivity index (χ1v) is 7.41. The van der Waals surface area contributed by atoms with Crippen LogP contribution in [0.25, 0.3) is 16.7 Å². The first kappa shape index (κ1) is 13.6. The number of aryl methyl sites for hydroxylation is 1. The van der Waals surface area contributed by atoms with Crippen LogP contribution in [0.4, 0.5) is 0 Å². The first-order chi connectivity index (χ1) is 10.2. The van der Waals surface area contributed by atoms with Gasteiger partial charge in [-0.25, -0.2) is 0 Å². The van der Waals surface area contributed by atoms with Crippen molar-refractivity contribution in [2.75, 3.05) is 0 Å². The maximum atomic E-state index is 3.96. The smallest absolute Gasteiger partial charge is 0.00137 e.